The molecule has 0 unspecified atom stereocenters. The summed E-state index contributed by atoms with van der Waals surface area (Å²) in [4.78, 5) is 18.7. The lowest BCUT2D eigenvalue weighted by Crippen LogP contribution is -2.19. The number of carbonyl (C=O) groups is 1. The zero-order valence-electron chi connectivity index (χ0n) is 12.2. The van der Waals surface area contributed by atoms with Gasteiger partial charge < -0.3 is 15.0 Å². The minimum absolute atomic E-state index is 0.0133. The summed E-state index contributed by atoms with van der Waals surface area (Å²) < 4.78 is 4.59. The SMILES string of the molecule is COC(=O)C(C#N)=C(NCCSCc1[nH]cnc1C)SC. The number of hydrogen-bond donors (Lipinski definition) is 2. The largest absolute Gasteiger partial charge is 0.465 e. The predicted molar refractivity (Wildman–Crippen MR) is 85.7 cm³/mol. The number of hydrogen-bond acceptors (Lipinski definition) is 7. The maximum atomic E-state index is 11.5. The number of nitrogens with one attached hydrogen (secondary N) is 2. The highest BCUT2D eigenvalue weighted by molar-refractivity contribution is 8.02. The van der Waals surface area contributed by atoms with Crippen molar-refractivity contribution in [2.75, 3.05) is 25.7 Å². The van der Waals surface area contributed by atoms with Gasteiger partial charge in [0, 0.05) is 23.7 Å². The van der Waals surface area contributed by atoms with Gasteiger partial charge in [0.05, 0.1) is 24.2 Å². The molecule has 0 spiro atoms. The third-order valence-corrected chi connectivity index (χ3v) is 4.39. The molecule has 6 nitrogen and oxygen atoms in total. The Morgan fingerprint density at radius 2 is 2.38 bits per heavy atom. The van der Waals surface area contributed by atoms with Gasteiger partial charge in [0.15, 0.2) is 5.57 Å². The number of methoxy groups -OCH3 is 1. The van der Waals surface area contributed by atoms with Crippen LogP contribution in [0.3, 0.4) is 0 Å². The molecular weight excluding hydrogens is 308 g/mol. The van der Waals surface area contributed by atoms with E-state index in [1.165, 1.54) is 18.9 Å². The molecule has 1 aromatic rings. The Bertz CT molecular complexity index is 549. The van der Waals surface area contributed by atoms with E-state index >= 15 is 0 Å². The highest BCUT2D eigenvalue weighted by Crippen LogP contribution is 2.16. The highest BCUT2D eigenvalue weighted by atomic mass is 32.2. The van der Waals surface area contributed by atoms with Gasteiger partial charge in [-0.25, -0.2) is 9.78 Å². The molecule has 1 rings (SSSR count). The first-order valence-electron chi connectivity index (χ1n) is 6.21. The van der Waals surface area contributed by atoms with Crippen LogP contribution in [0.1, 0.15) is 11.4 Å². The molecule has 0 saturated heterocycles. The fourth-order valence-corrected chi connectivity index (χ4v) is 2.97. The van der Waals surface area contributed by atoms with Crippen molar-refractivity contribution in [2.45, 2.75) is 12.7 Å². The maximum Gasteiger partial charge on any atom is 0.351 e. The van der Waals surface area contributed by atoms with Gasteiger partial charge in [0.1, 0.15) is 6.07 Å². The Kier molecular flexibility index (Phi) is 7.79. The Labute approximate surface area is 132 Å². The molecule has 0 fully saturated rings. The summed E-state index contributed by atoms with van der Waals surface area (Å²) in [5, 5.41) is 12.7. The van der Waals surface area contributed by atoms with Gasteiger partial charge in [-0.3, -0.25) is 0 Å². The van der Waals surface area contributed by atoms with Gasteiger partial charge in [0.2, 0.25) is 0 Å². The van der Waals surface area contributed by atoms with Crippen LogP contribution in [0.2, 0.25) is 0 Å². The van der Waals surface area contributed by atoms with Gasteiger partial charge in [-0.1, -0.05) is 0 Å². The van der Waals surface area contributed by atoms with Crippen molar-refractivity contribution in [3.63, 3.8) is 0 Å². The third-order valence-electron chi connectivity index (χ3n) is 2.64. The average molecular weight is 326 g/mol. The van der Waals surface area contributed by atoms with Crippen LogP contribution in [0.5, 0.6) is 0 Å². The minimum Gasteiger partial charge on any atom is -0.465 e. The van der Waals surface area contributed by atoms with Gasteiger partial charge in [-0.15, -0.1) is 11.8 Å². The Morgan fingerprint density at radius 3 is 2.90 bits per heavy atom. The van der Waals surface area contributed by atoms with Crippen LogP contribution in [0.25, 0.3) is 0 Å². The van der Waals surface area contributed by atoms with Gasteiger partial charge >= 0.3 is 5.97 Å². The fourth-order valence-electron chi connectivity index (χ4n) is 1.50. The highest BCUT2D eigenvalue weighted by Gasteiger charge is 2.15. The number of imidazole rings is 1. The molecule has 0 aliphatic heterocycles. The van der Waals surface area contributed by atoms with E-state index in [0.717, 1.165) is 22.9 Å². The van der Waals surface area contributed by atoms with E-state index in [-0.39, 0.29) is 5.57 Å². The summed E-state index contributed by atoms with van der Waals surface area (Å²) in [5.41, 5.74) is 2.14. The average Bonchev–Trinajstić information content (AvgIpc) is 2.90. The topological polar surface area (TPSA) is 90.8 Å². The second kappa shape index (κ2) is 9.37. The number of aromatic amines is 1. The Morgan fingerprint density at radius 1 is 1.62 bits per heavy atom. The number of nitriles is 1. The van der Waals surface area contributed by atoms with Gasteiger partial charge in [-0.05, 0) is 13.2 Å². The van der Waals surface area contributed by atoms with Crippen molar-refractivity contribution >= 4 is 29.5 Å². The van der Waals surface area contributed by atoms with Crippen LogP contribution in [0.15, 0.2) is 16.9 Å². The van der Waals surface area contributed by atoms with Crippen molar-refractivity contribution in [1.82, 2.24) is 15.3 Å². The second-order valence-electron chi connectivity index (χ2n) is 3.96. The molecule has 0 amide bonds. The summed E-state index contributed by atoms with van der Waals surface area (Å²) in [6, 6.07) is 1.88. The summed E-state index contributed by atoms with van der Waals surface area (Å²) in [6.45, 7) is 2.63. The molecule has 0 saturated carbocycles. The van der Waals surface area contributed by atoms with Crippen LogP contribution < -0.4 is 5.32 Å². The standard InChI is InChI=1S/C13H18N4O2S2/c1-9-11(17-8-16-9)7-21-5-4-15-12(20-3)10(6-14)13(18)19-2/h8,15H,4-5,7H2,1-3H3,(H,16,17). The Balaban J connectivity index is 2.42. The van der Waals surface area contributed by atoms with E-state index in [4.69, 9.17) is 5.26 Å². The molecule has 0 aliphatic carbocycles. The van der Waals surface area contributed by atoms with E-state index in [1.54, 1.807) is 18.1 Å². The molecule has 21 heavy (non-hydrogen) atoms. The lowest BCUT2D eigenvalue weighted by atomic mass is 10.3. The molecule has 2 N–H and O–H groups in total. The van der Waals surface area contributed by atoms with E-state index in [1.807, 2.05) is 19.2 Å². The van der Waals surface area contributed by atoms with Crippen molar-refractivity contribution < 1.29 is 9.53 Å². The molecule has 1 heterocycles. The lowest BCUT2D eigenvalue weighted by molar-refractivity contribution is -0.135. The molecule has 0 aromatic carbocycles. The van der Waals surface area contributed by atoms with Crippen LogP contribution in [0.4, 0.5) is 0 Å². The van der Waals surface area contributed by atoms with Crippen molar-refractivity contribution in [2.24, 2.45) is 0 Å². The molecule has 0 atom stereocenters. The predicted octanol–water partition coefficient (Wildman–Crippen LogP) is 1.81. The smallest absolute Gasteiger partial charge is 0.351 e. The number of esters is 1. The zero-order chi connectivity index (χ0) is 15.7. The normalized spacial score (nSPS) is 11.5. The van der Waals surface area contributed by atoms with Crippen molar-refractivity contribution in [3.05, 3.63) is 28.3 Å². The molecule has 8 heteroatoms. The van der Waals surface area contributed by atoms with E-state index in [0.29, 0.717) is 11.6 Å². The second-order valence-corrected chi connectivity index (χ2v) is 5.88. The van der Waals surface area contributed by atoms with Crippen LogP contribution in [0, 0.1) is 18.3 Å². The molecule has 114 valence electrons. The van der Waals surface area contributed by atoms with E-state index in [9.17, 15) is 4.79 Å². The number of rotatable bonds is 8. The summed E-state index contributed by atoms with van der Waals surface area (Å²) in [7, 11) is 1.26. The van der Waals surface area contributed by atoms with Gasteiger partial charge in [0.25, 0.3) is 0 Å². The molecule has 0 aliphatic rings. The lowest BCUT2D eigenvalue weighted by Gasteiger charge is -2.10. The first kappa shape index (κ1) is 17.5. The summed E-state index contributed by atoms with van der Waals surface area (Å²) in [5.74, 6) is 1.09. The van der Waals surface area contributed by atoms with Crippen LogP contribution in [-0.4, -0.2) is 41.6 Å². The van der Waals surface area contributed by atoms with E-state index < -0.39 is 5.97 Å². The molecule has 0 bridgehead atoms. The van der Waals surface area contributed by atoms with Crippen molar-refractivity contribution in [1.29, 1.82) is 5.26 Å². The van der Waals surface area contributed by atoms with Gasteiger partial charge in [-0.2, -0.15) is 17.0 Å². The summed E-state index contributed by atoms with van der Waals surface area (Å²) in [6.07, 6.45) is 3.50. The first-order valence-corrected chi connectivity index (χ1v) is 8.59. The Hall–Kier alpha value is -1.59. The number of thioether (sulfide) groups is 2. The van der Waals surface area contributed by atoms with Crippen LogP contribution in [-0.2, 0) is 15.3 Å². The molecule has 0 radical (unpaired) electrons. The molecular formula is C13H18N4O2S2. The number of carbonyl (C=O) groups excluding carboxylic acids is 1. The first-order chi connectivity index (χ1) is 10.1. The van der Waals surface area contributed by atoms with E-state index in [2.05, 4.69) is 20.0 Å². The molecule has 1 aromatic heterocycles. The zero-order valence-corrected chi connectivity index (χ0v) is 13.9. The quantitative estimate of drug-likeness (QED) is 0.326. The number of H-pyrrole nitrogens is 1. The maximum absolute atomic E-state index is 11.5. The fraction of sp³-hybridized carbons (Fsp3) is 0.462. The minimum atomic E-state index is -0.616. The van der Waals surface area contributed by atoms with Crippen molar-refractivity contribution in [3.8, 4) is 6.07 Å². The number of aromatic nitrogens is 2. The number of ether oxygens (including phenoxy) is 1. The number of aryl methyl sites for hydroxylation is 1. The number of nitrogens with zero attached hydrogens (tertiary/aromatic N) is 2. The summed E-state index contributed by atoms with van der Waals surface area (Å²) >= 11 is 3.07. The van der Waals surface area contributed by atoms with Crippen LogP contribution >= 0.6 is 23.5 Å². The monoisotopic (exact) mass is 326 g/mol. The third kappa shape index (κ3) is 5.36.